The van der Waals surface area contributed by atoms with E-state index in [-0.39, 0.29) is 5.82 Å². The zero-order chi connectivity index (χ0) is 14.8. The van der Waals surface area contributed by atoms with Gasteiger partial charge in [0, 0.05) is 11.3 Å². The summed E-state index contributed by atoms with van der Waals surface area (Å²) in [6.07, 6.45) is 1.42. The Morgan fingerprint density at radius 1 is 1.29 bits per heavy atom. The van der Waals surface area contributed by atoms with E-state index in [2.05, 4.69) is 17.1 Å². The molecule has 0 bridgehead atoms. The van der Waals surface area contributed by atoms with Crippen molar-refractivity contribution >= 4 is 16.3 Å². The van der Waals surface area contributed by atoms with Crippen molar-refractivity contribution in [1.29, 1.82) is 0 Å². The van der Waals surface area contributed by atoms with E-state index in [0.29, 0.717) is 23.1 Å². The fraction of sp³-hybridized carbons (Fsp3) is 0.200. The Balaban J connectivity index is 1.82. The molecule has 0 unspecified atom stereocenters. The normalized spacial score (nSPS) is 11.0. The SMILES string of the molecule is CCc1cc(-c2nc(Cc3ccc(F)cc3)no2)c(N)s1. The molecule has 21 heavy (non-hydrogen) atoms. The topological polar surface area (TPSA) is 64.9 Å². The lowest BCUT2D eigenvalue weighted by Crippen LogP contribution is -1.91. The highest BCUT2D eigenvalue weighted by atomic mass is 32.1. The van der Waals surface area contributed by atoms with E-state index in [9.17, 15) is 4.39 Å². The monoisotopic (exact) mass is 303 g/mol. The van der Waals surface area contributed by atoms with Gasteiger partial charge in [-0.25, -0.2) is 4.39 Å². The van der Waals surface area contributed by atoms with Gasteiger partial charge in [-0.15, -0.1) is 11.3 Å². The maximum Gasteiger partial charge on any atom is 0.260 e. The fourth-order valence-corrected chi connectivity index (χ4v) is 2.88. The van der Waals surface area contributed by atoms with E-state index in [4.69, 9.17) is 10.3 Å². The molecule has 4 nitrogen and oxygen atoms in total. The summed E-state index contributed by atoms with van der Waals surface area (Å²) in [7, 11) is 0. The third-order valence-corrected chi connectivity index (χ3v) is 4.24. The average Bonchev–Trinajstić information content (AvgIpc) is 3.07. The number of aromatic nitrogens is 2. The summed E-state index contributed by atoms with van der Waals surface area (Å²) >= 11 is 1.53. The fourth-order valence-electron chi connectivity index (χ4n) is 2.02. The van der Waals surface area contributed by atoms with Crippen molar-refractivity contribution in [3.63, 3.8) is 0 Å². The van der Waals surface area contributed by atoms with Gasteiger partial charge in [-0.05, 0) is 30.2 Å². The van der Waals surface area contributed by atoms with Crippen LogP contribution < -0.4 is 5.73 Å². The van der Waals surface area contributed by atoms with Crippen LogP contribution in [0.25, 0.3) is 11.5 Å². The summed E-state index contributed by atoms with van der Waals surface area (Å²) in [5, 5.41) is 4.64. The molecule has 0 saturated heterocycles. The van der Waals surface area contributed by atoms with Crippen LogP contribution >= 0.6 is 11.3 Å². The molecule has 3 aromatic rings. The van der Waals surface area contributed by atoms with Gasteiger partial charge in [-0.1, -0.05) is 24.2 Å². The molecule has 0 aliphatic heterocycles. The van der Waals surface area contributed by atoms with Gasteiger partial charge in [0.1, 0.15) is 5.82 Å². The number of nitrogens with zero attached hydrogens (tertiary/aromatic N) is 2. The molecule has 0 spiro atoms. The van der Waals surface area contributed by atoms with E-state index < -0.39 is 0 Å². The molecule has 2 aromatic heterocycles. The highest BCUT2D eigenvalue weighted by Crippen LogP contribution is 2.33. The molecule has 0 amide bonds. The minimum Gasteiger partial charge on any atom is -0.390 e. The van der Waals surface area contributed by atoms with Crippen LogP contribution in [0.3, 0.4) is 0 Å². The van der Waals surface area contributed by atoms with Crippen molar-refractivity contribution in [1.82, 2.24) is 10.1 Å². The largest absolute Gasteiger partial charge is 0.390 e. The summed E-state index contributed by atoms with van der Waals surface area (Å²) in [4.78, 5) is 5.54. The lowest BCUT2D eigenvalue weighted by molar-refractivity contribution is 0.424. The van der Waals surface area contributed by atoms with Gasteiger partial charge in [0.25, 0.3) is 5.89 Å². The van der Waals surface area contributed by atoms with Crippen molar-refractivity contribution in [2.45, 2.75) is 19.8 Å². The highest BCUT2D eigenvalue weighted by Gasteiger charge is 2.15. The number of hydrogen-bond acceptors (Lipinski definition) is 5. The Bertz CT molecular complexity index is 749. The van der Waals surface area contributed by atoms with Gasteiger partial charge in [-0.2, -0.15) is 4.98 Å². The Kier molecular flexibility index (Phi) is 3.70. The van der Waals surface area contributed by atoms with E-state index in [1.165, 1.54) is 28.3 Å². The average molecular weight is 303 g/mol. The molecular formula is C15H14FN3OS. The van der Waals surface area contributed by atoms with Crippen LogP contribution in [0.5, 0.6) is 0 Å². The summed E-state index contributed by atoms with van der Waals surface area (Å²) in [5.74, 6) is 0.728. The second-order valence-electron chi connectivity index (χ2n) is 4.66. The summed E-state index contributed by atoms with van der Waals surface area (Å²) in [6, 6.07) is 8.23. The molecule has 1 aromatic carbocycles. The number of nitrogen functional groups attached to an aromatic ring is 1. The minimum atomic E-state index is -0.259. The zero-order valence-electron chi connectivity index (χ0n) is 11.5. The maximum absolute atomic E-state index is 12.9. The van der Waals surface area contributed by atoms with Crippen LogP contribution in [-0.2, 0) is 12.8 Å². The Morgan fingerprint density at radius 3 is 2.71 bits per heavy atom. The number of anilines is 1. The lowest BCUT2D eigenvalue weighted by Gasteiger charge is -1.95. The van der Waals surface area contributed by atoms with Crippen LogP contribution in [-0.4, -0.2) is 10.1 Å². The zero-order valence-corrected chi connectivity index (χ0v) is 12.3. The third kappa shape index (κ3) is 2.95. The van der Waals surface area contributed by atoms with Crippen molar-refractivity contribution in [3.8, 4) is 11.5 Å². The van der Waals surface area contributed by atoms with E-state index >= 15 is 0 Å². The molecule has 0 aliphatic carbocycles. The minimum absolute atomic E-state index is 0.259. The van der Waals surface area contributed by atoms with Gasteiger partial charge >= 0.3 is 0 Å². The second-order valence-corrected chi connectivity index (χ2v) is 5.83. The van der Waals surface area contributed by atoms with E-state index in [1.807, 2.05) is 6.07 Å². The van der Waals surface area contributed by atoms with Crippen molar-refractivity contribution in [3.05, 3.63) is 52.4 Å². The number of thiophene rings is 1. The van der Waals surface area contributed by atoms with Gasteiger partial charge in [0.15, 0.2) is 5.82 Å². The van der Waals surface area contributed by atoms with Gasteiger partial charge < -0.3 is 10.3 Å². The number of aryl methyl sites for hydroxylation is 1. The number of hydrogen-bond donors (Lipinski definition) is 1. The maximum atomic E-state index is 12.9. The Morgan fingerprint density at radius 2 is 2.05 bits per heavy atom. The number of rotatable bonds is 4. The smallest absolute Gasteiger partial charge is 0.260 e. The standard InChI is InChI=1S/C15H14FN3OS/c1-2-11-8-12(14(17)21-11)15-18-13(19-20-15)7-9-3-5-10(16)6-4-9/h3-6,8H,2,7,17H2,1H3. The summed E-state index contributed by atoms with van der Waals surface area (Å²) in [5.41, 5.74) is 7.69. The van der Waals surface area contributed by atoms with E-state index in [1.54, 1.807) is 12.1 Å². The Hall–Kier alpha value is -2.21. The first-order valence-electron chi connectivity index (χ1n) is 6.61. The molecular weight excluding hydrogens is 289 g/mol. The summed E-state index contributed by atoms with van der Waals surface area (Å²) in [6.45, 7) is 2.07. The molecule has 0 atom stereocenters. The first-order chi connectivity index (χ1) is 10.2. The van der Waals surface area contributed by atoms with Crippen LogP contribution in [0, 0.1) is 5.82 Å². The lowest BCUT2D eigenvalue weighted by atomic mass is 10.1. The molecule has 108 valence electrons. The summed E-state index contributed by atoms with van der Waals surface area (Å²) < 4.78 is 18.1. The molecule has 0 saturated carbocycles. The predicted molar refractivity (Wildman–Crippen MR) is 80.6 cm³/mol. The number of halogens is 1. The van der Waals surface area contributed by atoms with Crippen LogP contribution in [0.15, 0.2) is 34.9 Å². The molecule has 6 heteroatoms. The van der Waals surface area contributed by atoms with Crippen molar-refractivity contribution < 1.29 is 8.91 Å². The first-order valence-corrected chi connectivity index (χ1v) is 7.43. The first kappa shape index (κ1) is 13.8. The predicted octanol–water partition coefficient (Wildman–Crippen LogP) is 3.67. The van der Waals surface area contributed by atoms with Crippen LogP contribution in [0.4, 0.5) is 9.39 Å². The van der Waals surface area contributed by atoms with Gasteiger partial charge in [0.2, 0.25) is 0 Å². The highest BCUT2D eigenvalue weighted by molar-refractivity contribution is 7.16. The number of nitrogens with two attached hydrogens (primary N) is 1. The van der Waals surface area contributed by atoms with Crippen molar-refractivity contribution in [2.75, 3.05) is 5.73 Å². The molecule has 0 fully saturated rings. The van der Waals surface area contributed by atoms with Crippen LogP contribution in [0.1, 0.15) is 23.2 Å². The second kappa shape index (κ2) is 5.65. The Labute approximate surface area is 125 Å². The van der Waals surface area contributed by atoms with Crippen molar-refractivity contribution in [2.24, 2.45) is 0 Å². The molecule has 3 rings (SSSR count). The molecule has 2 N–H and O–H groups in total. The van der Waals surface area contributed by atoms with E-state index in [0.717, 1.165) is 17.5 Å². The van der Waals surface area contributed by atoms with Gasteiger partial charge in [0.05, 0.1) is 10.6 Å². The molecule has 2 heterocycles. The third-order valence-electron chi connectivity index (χ3n) is 3.13. The van der Waals surface area contributed by atoms with Gasteiger partial charge in [-0.3, -0.25) is 0 Å². The van der Waals surface area contributed by atoms with Crippen LogP contribution in [0.2, 0.25) is 0 Å². The molecule has 0 radical (unpaired) electrons. The quantitative estimate of drug-likeness (QED) is 0.798. The number of benzene rings is 1. The molecule has 0 aliphatic rings.